The number of aromatic nitrogens is 2. The molecular formula is C13H14Cl2N4. The lowest BCUT2D eigenvalue weighted by Crippen LogP contribution is -2.07. The maximum absolute atomic E-state index is 6.11. The van der Waals surface area contributed by atoms with Gasteiger partial charge in [0.1, 0.15) is 11.6 Å². The first-order valence-electron chi connectivity index (χ1n) is 5.86. The molecule has 100 valence electrons. The van der Waals surface area contributed by atoms with Crippen LogP contribution in [0.5, 0.6) is 0 Å². The van der Waals surface area contributed by atoms with Gasteiger partial charge in [0.15, 0.2) is 0 Å². The summed E-state index contributed by atoms with van der Waals surface area (Å²) in [5, 5.41) is 7.48. The summed E-state index contributed by atoms with van der Waals surface area (Å²) < 4.78 is 0. The molecular weight excluding hydrogens is 283 g/mol. The molecule has 6 heteroatoms. The van der Waals surface area contributed by atoms with Crippen molar-refractivity contribution in [1.82, 2.24) is 9.97 Å². The van der Waals surface area contributed by atoms with Gasteiger partial charge in [-0.2, -0.15) is 0 Å². The number of benzene rings is 1. The lowest BCUT2D eigenvalue weighted by atomic mass is 10.1. The molecule has 4 nitrogen and oxygen atoms in total. The van der Waals surface area contributed by atoms with Crippen LogP contribution in [0.4, 0.5) is 11.6 Å². The van der Waals surface area contributed by atoms with Crippen molar-refractivity contribution in [3.63, 3.8) is 0 Å². The fourth-order valence-electron chi connectivity index (χ4n) is 1.62. The molecule has 0 fully saturated rings. The van der Waals surface area contributed by atoms with Crippen LogP contribution >= 0.6 is 23.2 Å². The first-order valence-corrected chi connectivity index (χ1v) is 6.62. The van der Waals surface area contributed by atoms with E-state index in [1.54, 1.807) is 25.5 Å². The zero-order valence-corrected chi connectivity index (χ0v) is 12.0. The average Bonchev–Trinajstić information content (AvgIpc) is 2.41. The average molecular weight is 297 g/mol. The van der Waals surface area contributed by atoms with Crippen LogP contribution < -0.4 is 10.6 Å². The Kier molecular flexibility index (Phi) is 4.82. The molecule has 2 N–H and O–H groups in total. The number of anilines is 2. The van der Waals surface area contributed by atoms with E-state index in [1.165, 1.54) is 0 Å². The van der Waals surface area contributed by atoms with Gasteiger partial charge >= 0.3 is 0 Å². The van der Waals surface area contributed by atoms with E-state index in [4.69, 9.17) is 23.2 Å². The van der Waals surface area contributed by atoms with Crippen LogP contribution in [0.25, 0.3) is 0 Å². The van der Waals surface area contributed by atoms with E-state index in [9.17, 15) is 0 Å². The van der Waals surface area contributed by atoms with Gasteiger partial charge in [-0.25, -0.2) is 4.98 Å². The molecule has 2 rings (SSSR count). The van der Waals surface area contributed by atoms with E-state index in [1.807, 2.05) is 12.1 Å². The van der Waals surface area contributed by atoms with Crippen molar-refractivity contribution in [2.45, 2.75) is 6.42 Å². The van der Waals surface area contributed by atoms with Crippen molar-refractivity contribution in [3.05, 3.63) is 46.2 Å². The van der Waals surface area contributed by atoms with Crippen LogP contribution in [0.2, 0.25) is 10.0 Å². The van der Waals surface area contributed by atoms with Crippen LogP contribution in [0.1, 0.15) is 5.56 Å². The molecule has 0 aliphatic carbocycles. The van der Waals surface area contributed by atoms with Crippen LogP contribution in [0, 0.1) is 0 Å². The summed E-state index contributed by atoms with van der Waals surface area (Å²) in [7, 11) is 1.81. The Hall–Kier alpha value is -1.52. The number of halogens is 2. The molecule has 0 saturated heterocycles. The Morgan fingerprint density at radius 3 is 2.68 bits per heavy atom. The minimum atomic E-state index is 0.647. The third-order valence-corrected chi connectivity index (χ3v) is 3.19. The second-order valence-corrected chi connectivity index (χ2v) is 4.80. The van der Waals surface area contributed by atoms with Gasteiger partial charge in [-0.05, 0) is 24.1 Å². The molecule has 1 aromatic heterocycles. The molecule has 1 heterocycles. The number of rotatable bonds is 5. The van der Waals surface area contributed by atoms with Crippen molar-refractivity contribution in [2.75, 3.05) is 24.2 Å². The molecule has 0 spiro atoms. The standard InChI is InChI=1S/C13H14Cl2N4/c1-16-12-7-17-8-13(19-12)18-5-4-9-2-3-10(14)6-11(9)15/h2-3,6-8H,4-5H2,1H3,(H2,16,18,19). The highest BCUT2D eigenvalue weighted by Gasteiger charge is 2.02. The van der Waals surface area contributed by atoms with Gasteiger partial charge in [0.2, 0.25) is 0 Å². The highest BCUT2D eigenvalue weighted by molar-refractivity contribution is 6.35. The Balaban J connectivity index is 1.92. The molecule has 0 amide bonds. The first-order chi connectivity index (χ1) is 9.19. The fourth-order valence-corrected chi connectivity index (χ4v) is 2.12. The lowest BCUT2D eigenvalue weighted by molar-refractivity contribution is 1.000. The predicted octanol–water partition coefficient (Wildman–Crippen LogP) is 3.48. The van der Waals surface area contributed by atoms with Gasteiger partial charge in [-0.3, -0.25) is 4.98 Å². The Bertz CT molecular complexity index is 560. The summed E-state index contributed by atoms with van der Waals surface area (Å²) >= 11 is 12.0. The maximum atomic E-state index is 6.11. The quantitative estimate of drug-likeness (QED) is 0.887. The van der Waals surface area contributed by atoms with E-state index < -0.39 is 0 Å². The second kappa shape index (κ2) is 6.59. The number of nitrogens with zero attached hydrogens (tertiary/aromatic N) is 2. The van der Waals surface area contributed by atoms with Gasteiger partial charge < -0.3 is 10.6 Å². The van der Waals surface area contributed by atoms with Crippen LogP contribution in [-0.4, -0.2) is 23.6 Å². The normalized spacial score (nSPS) is 10.3. The smallest absolute Gasteiger partial charge is 0.146 e. The lowest BCUT2D eigenvalue weighted by Gasteiger charge is -2.08. The minimum absolute atomic E-state index is 0.647. The molecule has 0 aliphatic heterocycles. The molecule has 19 heavy (non-hydrogen) atoms. The maximum Gasteiger partial charge on any atom is 0.146 e. The molecule has 0 saturated carbocycles. The number of hydrogen-bond acceptors (Lipinski definition) is 4. The minimum Gasteiger partial charge on any atom is -0.372 e. The molecule has 0 bridgehead atoms. The molecule has 0 atom stereocenters. The van der Waals surface area contributed by atoms with Crippen LogP contribution in [-0.2, 0) is 6.42 Å². The zero-order valence-electron chi connectivity index (χ0n) is 10.5. The summed E-state index contributed by atoms with van der Waals surface area (Å²) in [5.74, 6) is 1.46. The third-order valence-electron chi connectivity index (χ3n) is 2.61. The SMILES string of the molecule is CNc1cncc(NCCc2ccc(Cl)cc2Cl)n1. The highest BCUT2D eigenvalue weighted by Crippen LogP contribution is 2.21. The monoisotopic (exact) mass is 296 g/mol. The molecule has 0 radical (unpaired) electrons. The summed E-state index contributed by atoms with van der Waals surface area (Å²) in [5.41, 5.74) is 1.05. The van der Waals surface area contributed by atoms with E-state index in [2.05, 4.69) is 20.6 Å². The second-order valence-electron chi connectivity index (χ2n) is 3.95. The van der Waals surface area contributed by atoms with Gasteiger partial charge in [0.05, 0.1) is 12.4 Å². The predicted molar refractivity (Wildman–Crippen MR) is 80.2 cm³/mol. The van der Waals surface area contributed by atoms with Crippen LogP contribution in [0.15, 0.2) is 30.6 Å². The van der Waals surface area contributed by atoms with E-state index in [0.717, 1.165) is 30.2 Å². The van der Waals surface area contributed by atoms with Gasteiger partial charge in [0, 0.05) is 23.6 Å². The van der Waals surface area contributed by atoms with E-state index in [-0.39, 0.29) is 0 Å². The van der Waals surface area contributed by atoms with E-state index in [0.29, 0.717) is 10.0 Å². The molecule has 1 aromatic carbocycles. The fraction of sp³-hybridized carbons (Fsp3) is 0.231. The number of nitrogens with one attached hydrogen (secondary N) is 2. The molecule has 0 aliphatic rings. The molecule has 0 unspecified atom stereocenters. The Morgan fingerprint density at radius 1 is 1.16 bits per heavy atom. The highest BCUT2D eigenvalue weighted by atomic mass is 35.5. The van der Waals surface area contributed by atoms with Crippen molar-refractivity contribution < 1.29 is 0 Å². The largest absolute Gasteiger partial charge is 0.372 e. The van der Waals surface area contributed by atoms with Crippen molar-refractivity contribution in [3.8, 4) is 0 Å². The topological polar surface area (TPSA) is 49.8 Å². The van der Waals surface area contributed by atoms with Gasteiger partial charge in [0.25, 0.3) is 0 Å². The Morgan fingerprint density at radius 2 is 1.95 bits per heavy atom. The van der Waals surface area contributed by atoms with Crippen molar-refractivity contribution in [2.24, 2.45) is 0 Å². The third kappa shape index (κ3) is 3.98. The van der Waals surface area contributed by atoms with Gasteiger partial charge in [-0.1, -0.05) is 29.3 Å². The van der Waals surface area contributed by atoms with Crippen molar-refractivity contribution in [1.29, 1.82) is 0 Å². The van der Waals surface area contributed by atoms with Crippen LogP contribution in [0.3, 0.4) is 0 Å². The van der Waals surface area contributed by atoms with Gasteiger partial charge in [-0.15, -0.1) is 0 Å². The Labute approximate surface area is 122 Å². The number of hydrogen-bond donors (Lipinski definition) is 2. The van der Waals surface area contributed by atoms with E-state index >= 15 is 0 Å². The van der Waals surface area contributed by atoms with Crippen molar-refractivity contribution >= 4 is 34.8 Å². The molecule has 2 aromatic rings. The summed E-state index contributed by atoms with van der Waals surface area (Å²) in [6.45, 7) is 0.725. The summed E-state index contributed by atoms with van der Waals surface area (Å²) in [6, 6.07) is 5.52. The zero-order chi connectivity index (χ0) is 13.7. The first kappa shape index (κ1) is 13.9. The summed E-state index contributed by atoms with van der Waals surface area (Å²) in [4.78, 5) is 8.40. The summed E-state index contributed by atoms with van der Waals surface area (Å²) in [6.07, 6.45) is 4.15.